The monoisotopic (exact) mass is 347 g/mol. The molecule has 2 rings (SSSR count). The lowest BCUT2D eigenvalue weighted by atomic mass is 9.93. The highest BCUT2D eigenvalue weighted by atomic mass is 19.3. The Kier molecular flexibility index (Phi) is 6.42. The van der Waals surface area contributed by atoms with E-state index < -0.39 is 30.7 Å². The number of carbonyl (C=O) groups is 1. The number of hydrogen-bond acceptors (Lipinski definition) is 4. The third kappa shape index (κ3) is 6.16. The van der Waals surface area contributed by atoms with Crippen LogP contribution in [0.5, 0.6) is 0 Å². The number of carbonyl (C=O) groups excluding carboxylic acids is 1. The lowest BCUT2D eigenvalue weighted by Gasteiger charge is -2.28. The first-order chi connectivity index (χ1) is 11.2. The van der Waals surface area contributed by atoms with Crippen molar-refractivity contribution >= 4 is 6.09 Å². The van der Waals surface area contributed by atoms with Crippen molar-refractivity contribution in [3.63, 3.8) is 0 Å². The molecule has 24 heavy (non-hydrogen) atoms. The Morgan fingerprint density at radius 1 is 1.17 bits per heavy atom. The van der Waals surface area contributed by atoms with Crippen molar-refractivity contribution in [1.29, 1.82) is 0 Å². The summed E-state index contributed by atoms with van der Waals surface area (Å²) in [5.41, 5.74) is -0.691. The van der Waals surface area contributed by atoms with Crippen LogP contribution in [0.15, 0.2) is 0 Å². The second-order valence-corrected chi connectivity index (χ2v) is 8.00. The number of ether oxygens (including phenoxy) is 1. The Balaban J connectivity index is 1.74. The van der Waals surface area contributed by atoms with Crippen LogP contribution in [0.4, 0.5) is 13.6 Å². The van der Waals surface area contributed by atoms with Crippen molar-refractivity contribution in [3.8, 4) is 0 Å². The van der Waals surface area contributed by atoms with Crippen molar-refractivity contribution in [3.05, 3.63) is 0 Å². The van der Waals surface area contributed by atoms with E-state index in [1.807, 2.05) is 0 Å². The molecule has 0 aromatic rings. The molecule has 0 spiro atoms. The van der Waals surface area contributed by atoms with Gasteiger partial charge in [0, 0.05) is 12.1 Å². The maximum Gasteiger partial charge on any atom is 0.407 e. The van der Waals surface area contributed by atoms with E-state index in [9.17, 15) is 13.6 Å². The van der Waals surface area contributed by atoms with Gasteiger partial charge in [0.1, 0.15) is 5.60 Å². The molecule has 2 fully saturated rings. The third-order valence-corrected chi connectivity index (χ3v) is 4.70. The highest BCUT2D eigenvalue weighted by Crippen LogP contribution is 2.32. The Labute approximate surface area is 143 Å². The Morgan fingerprint density at radius 2 is 1.92 bits per heavy atom. The first kappa shape index (κ1) is 19.4. The molecule has 1 heterocycles. The fourth-order valence-electron chi connectivity index (χ4n) is 3.66. The van der Waals surface area contributed by atoms with E-state index in [1.165, 1.54) is 6.42 Å². The summed E-state index contributed by atoms with van der Waals surface area (Å²) < 4.78 is 33.0. The topological polar surface area (TPSA) is 62.4 Å². The Morgan fingerprint density at radius 3 is 2.54 bits per heavy atom. The maximum atomic E-state index is 14.0. The molecule has 0 radical (unpaired) electrons. The summed E-state index contributed by atoms with van der Waals surface area (Å²) in [6.45, 7) is 4.99. The van der Waals surface area contributed by atoms with Gasteiger partial charge in [-0.25, -0.2) is 13.6 Å². The molecule has 3 N–H and O–H groups in total. The van der Waals surface area contributed by atoms with Gasteiger partial charge in [-0.2, -0.15) is 0 Å². The molecule has 3 unspecified atom stereocenters. The van der Waals surface area contributed by atoms with Crippen LogP contribution in [0.25, 0.3) is 0 Å². The predicted octanol–water partition coefficient (Wildman–Crippen LogP) is 2.66. The van der Waals surface area contributed by atoms with Gasteiger partial charge in [-0.1, -0.05) is 6.42 Å². The van der Waals surface area contributed by atoms with Crippen molar-refractivity contribution in [1.82, 2.24) is 16.0 Å². The van der Waals surface area contributed by atoms with Crippen LogP contribution in [0.3, 0.4) is 0 Å². The van der Waals surface area contributed by atoms with E-state index >= 15 is 0 Å². The van der Waals surface area contributed by atoms with E-state index in [4.69, 9.17) is 4.74 Å². The van der Waals surface area contributed by atoms with Crippen LogP contribution < -0.4 is 16.0 Å². The summed E-state index contributed by atoms with van der Waals surface area (Å²) in [6, 6.07) is 0.589. The number of halogens is 2. The number of rotatable bonds is 6. The van der Waals surface area contributed by atoms with E-state index in [0.29, 0.717) is 12.0 Å². The highest BCUT2D eigenvalue weighted by molar-refractivity contribution is 5.67. The van der Waals surface area contributed by atoms with E-state index in [0.717, 1.165) is 32.2 Å². The second kappa shape index (κ2) is 7.95. The zero-order valence-electron chi connectivity index (χ0n) is 15.0. The molecule has 1 aliphatic carbocycles. The average molecular weight is 347 g/mol. The maximum absolute atomic E-state index is 14.0. The van der Waals surface area contributed by atoms with Crippen LogP contribution in [0, 0.1) is 5.92 Å². The summed E-state index contributed by atoms with van der Waals surface area (Å²) in [5.74, 6) is -2.56. The van der Waals surface area contributed by atoms with Crippen molar-refractivity contribution < 1.29 is 18.3 Å². The number of amides is 1. The number of alkyl halides is 2. The molecule has 1 amide bonds. The zero-order valence-corrected chi connectivity index (χ0v) is 15.0. The summed E-state index contributed by atoms with van der Waals surface area (Å²) in [5, 5.41) is 8.68. The van der Waals surface area contributed by atoms with Gasteiger partial charge >= 0.3 is 6.09 Å². The smallest absolute Gasteiger partial charge is 0.407 e. The second-order valence-electron chi connectivity index (χ2n) is 8.00. The standard InChI is InChI=1S/C17H31F2N3O2/c1-16(2,3)24-15(23)22-11-17(18,19)10-21-14-7-4-6-12(14)13-8-5-9-20-13/h12-14,20-21H,4-11H2,1-3H3,(H,22,23). The molecular weight excluding hydrogens is 316 g/mol. The van der Waals surface area contributed by atoms with Crippen LogP contribution >= 0.6 is 0 Å². The fourth-order valence-corrected chi connectivity index (χ4v) is 3.66. The molecule has 3 atom stereocenters. The van der Waals surface area contributed by atoms with Gasteiger partial charge in [-0.3, -0.25) is 0 Å². The van der Waals surface area contributed by atoms with Crippen LogP contribution in [-0.2, 0) is 4.74 Å². The molecule has 0 aromatic carbocycles. The molecular formula is C17H31F2N3O2. The zero-order chi connectivity index (χ0) is 17.8. The Bertz CT molecular complexity index is 421. The molecule has 0 bridgehead atoms. The first-order valence-corrected chi connectivity index (χ1v) is 8.98. The summed E-state index contributed by atoms with van der Waals surface area (Å²) >= 11 is 0. The summed E-state index contributed by atoms with van der Waals surface area (Å²) in [6.07, 6.45) is 4.62. The molecule has 1 aliphatic heterocycles. The minimum atomic E-state index is -2.99. The van der Waals surface area contributed by atoms with Crippen LogP contribution in [0.1, 0.15) is 52.9 Å². The van der Waals surface area contributed by atoms with Crippen LogP contribution in [-0.4, -0.2) is 49.3 Å². The first-order valence-electron chi connectivity index (χ1n) is 8.98. The predicted molar refractivity (Wildman–Crippen MR) is 89.3 cm³/mol. The molecule has 5 nitrogen and oxygen atoms in total. The molecule has 1 saturated carbocycles. The lowest BCUT2D eigenvalue weighted by molar-refractivity contribution is -0.00677. The molecule has 1 saturated heterocycles. The number of hydrogen-bond donors (Lipinski definition) is 3. The van der Waals surface area contributed by atoms with Crippen molar-refractivity contribution in [2.45, 2.75) is 76.5 Å². The fraction of sp³-hybridized carbons (Fsp3) is 0.941. The average Bonchev–Trinajstić information content (AvgIpc) is 3.12. The van der Waals surface area contributed by atoms with Gasteiger partial charge in [0.2, 0.25) is 0 Å². The minimum absolute atomic E-state index is 0.132. The van der Waals surface area contributed by atoms with E-state index in [2.05, 4.69) is 16.0 Å². The van der Waals surface area contributed by atoms with E-state index in [1.54, 1.807) is 20.8 Å². The molecule has 140 valence electrons. The summed E-state index contributed by atoms with van der Waals surface area (Å²) in [7, 11) is 0. The molecule has 7 heteroatoms. The number of alkyl carbamates (subject to hydrolysis) is 1. The summed E-state index contributed by atoms with van der Waals surface area (Å²) in [4.78, 5) is 11.5. The molecule has 2 aliphatic rings. The number of nitrogens with one attached hydrogen (secondary N) is 3. The van der Waals surface area contributed by atoms with Gasteiger partial charge < -0.3 is 20.7 Å². The minimum Gasteiger partial charge on any atom is -0.444 e. The van der Waals surface area contributed by atoms with Crippen LogP contribution in [0.2, 0.25) is 0 Å². The molecule has 0 aromatic heterocycles. The SMILES string of the molecule is CC(C)(C)OC(=O)NCC(F)(F)CNC1CCCC1C1CCCN1. The highest BCUT2D eigenvalue weighted by Gasteiger charge is 2.37. The lowest BCUT2D eigenvalue weighted by Crippen LogP contribution is -2.49. The quantitative estimate of drug-likeness (QED) is 0.691. The van der Waals surface area contributed by atoms with E-state index in [-0.39, 0.29) is 6.04 Å². The van der Waals surface area contributed by atoms with Gasteiger partial charge in [-0.15, -0.1) is 0 Å². The van der Waals surface area contributed by atoms with Gasteiger partial charge in [-0.05, 0) is 58.9 Å². The normalized spacial score (nSPS) is 28.1. The van der Waals surface area contributed by atoms with Gasteiger partial charge in [0.25, 0.3) is 5.92 Å². The Hall–Kier alpha value is -0.950. The van der Waals surface area contributed by atoms with Crippen molar-refractivity contribution in [2.24, 2.45) is 5.92 Å². The largest absolute Gasteiger partial charge is 0.444 e. The third-order valence-electron chi connectivity index (χ3n) is 4.70. The van der Waals surface area contributed by atoms with Crippen molar-refractivity contribution in [2.75, 3.05) is 19.6 Å². The van der Waals surface area contributed by atoms with Gasteiger partial charge in [0.15, 0.2) is 0 Å². The van der Waals surface area contributed by atoms with Gasteiger partial charge in [0.05, 0.1) is 13.1 Å².